The van der Waals surface area contributed by atoms with Gasteiger partial charge < -0.3 is 9.47 Å². The number of benzene rings is 2. The molecule has 0 atom stereocenters. The Balaban J connectivity index is 1.60. The van der Waals surface area contributed by atoms with Crippen molar-refractivity contribution in [3.8, 4) is 5.75 Å². The van der Waals surface area contributed by atoms with Crippen molar-refractivity contribution >= 4 is 54.9 Å². The zero-order chi connectivity index (χ0) is 17.1. The third kappa shape index (κ3) is 3.88. The summed E-state index contributed by atoms with van der Waals surface area (Å²) in [5.41, 5.74) is 0. The first-order valence-corrected chi connectivity index (χ1v) is 8.96. The van der Waals surface area contributed by atoms with Crippen LogP contribution >= 0.6 is 38.9 Å². The largest absolute Gasteiger partial charge is 0.490 e. The Kier molecular flexibility index (Phi) is 5.38. The Labute approximate surface area is 155 Å². The highest BCUT2D eigenvalue weighted by Gasteiger charge is 2.18. The van der Waals surface area contributed by atoms with Crippen LogP contribution in [0.4, 0.5) is 4.39 Å². The van der Waals surface area contributed by atoms with Crippen LogP contribution in [0, 0.1) is 5.82 Å². The standard InChI is InChI=1S/C17H11BrClFO3S/c18-10-2-1-3-12(8-10)22-6-7-23-17(21)16-15(19)13-5-4-11(20)9-14(13)24-16/h1-5,8-9H,6-7H2. The van der Waals surface area contributed by atoms with Crippen LogP contribution in [0.25, 0.3) is 10.1 Å². The van der Waals surface area contributed by atoms with E-state index >= 15 is 0 Å². The van der Waals surface area contributed by atoms with Gasteiger partial charge in [0.05, 0.1) is 5.02 Å². The Morgan fingerprint density at radius 2 is 2.04 bits per heavy atom. The van der Waals surface area contributed by atoms with E-state index in [9.17, 15) is 9.18 Å². The third-order valence-corrected chi connectivity index (χ3v) is 5.29. The molecule has 0 saturated heterocycles. The maximum absolute atomic E-state index is 13.2. The van der Waals surface area contributed by atoms with E-state index in [1.165, 1.54) is 12.1 Å². The van der Waals surface area contributed by atoms with Crippen LogP contribution in [-0.2, 0) is 4.74 Å². The molecule has 124 valence electrons. The van der Waals surface area contributed by atoms with Crippen molar-refractivity contribution in [1.82, 2.24) is 0 Å². The van der Waals surface area contributed by atoms with E-state index in [4.69, 9.17) is 21.1 Å². The van der Waals surface area contributed by atoms with E-state index in [0.717, 1.165) is 15.8 Å². The van der Waals surface area contributed by atoms with Crippen LogP contribution in [0.3, 0.4) is 0 Å². The van der Waals surface area contributed by atoms with Crippen molar-refractivity contribution in [1.29, 1.82) is 0 Å². The van der Waals surface area contributed by atoms with Crippen LogP contribution in [-0.4, -0.2) is 19.2 Å². The summed E-state index contributed by atoms with van der Waals surface area (Å²) in [4.78, 5) is 12.4. The molecule has 3 nitrogen and oxygen atoms in total. The first kappa shape index (κ1) is 17.2. The number of esters is 1. The van der Waals surface area contributed by atoms with Gasteiger partial charge >= 0.3 is 5.97 Å². The lowest BCUT2D eigenvalue weighted by atomic mass is 10.2. The number of carbonyl (C=O) groups is 1. The summed E-state index contributed by atoms with van der Waals surface area (Å²) in [6, 6.07) is 11.6. The van der Waals surface area contributed by atoms with E-state index < -0.39 is 5.97 Å². The highest BCUT2D eigenvalue weighted by atomic mass is 79.9. The van der Waals surface area contributed by atoms with E-state index in [1.807, 2.05) is 24.3 Å². The molecule has 0 N–H and O–H groups in total. The molecule has 3 rings (SSSR count). The quantitative estimate of drug-likeness (QED) is 0.386. The Morgan fingerprint density at radius 1 is 1.21 bits per heavy atom. The van der Waals surface area contributed by atoms with Gasteiger partial charge in [0.15, 0.2) is 0 Å². The average molecular weight is 430 g/mol. The maximum atomic E-state index is 13.2. The second-order valence-corrected chi connectivity index (χ2v) is 7.17. The summed E-state index contributed by atoms with van der Waals surface area (Å²) in [5, 5.41) is 0.924. The fourth-order valence-corrected chi connectivity index (χ4v) is 3.89. The zero-order valence-corrected chi connectivity index (χ0v) is 15.4. The molecule has 2 aromatic carbocycles. The average Bonchev–Trinajstić information content (AvgIpc) is 2.88. The van der Waals surface area contributed by atoms with Gasteiger partial charge in [-0.1, -0.05) is 33.6 Å². The molecule has 0 spiro atoms. The van der Waals surface area contributed by atoms with Gasteiger partial charge in [0.1, 0.15) is 29.7 Å². The van der Waals surface area contributed by atoms with E-state index in [0.29, 0.717) is 15.8 Å². The molecule has 0 unspecified atom stereocenters. The van der Waals surface area contributed by atoms with Crippen LogP contribution in [0.15, 0.2) is 46.9 Å². The predicted molar refractivity (Wildman–Crippen MR) is 96.7 cm³/mol. The lowest BCUT2D eigenvalue weighted by molar-refractivity contribution is 0.0456. The minimum Gasteiger partial charge on any atom is -0.490 e. The third-order valence-electron chi connectivity index (χ3n) is 3.16. The van der Waals surface area contributed by atoms with Crippen molar-refractivity contribution in [3.63, 3.8) is 0 Å². The number of ether oxygens (including phenoxy) is 2. The van der Waals surface area contributed by atoms with E-state index in [-0.39, 0.29) is 28.9 Å². The number of rotatable bonds is 5. The monoisotopic (exact) mass is 428 g/mol. The molecule has 0 radical (unpaired) electrons. The SMILES string of the molecule is O=C(OCCOc1cccc(Br)c1)c1sc2cc(F)ccc2c1Cl. The van der Waals surface area contributed by atoms with E-state index in [2.05, 4.69) is 15.9 Å². The van der Waals surface area contributed by atoms with Gasteiger partial charge in [-0.25, -0.2) is 9.18 Å². The highest BCUT2D eigenvalue weighted by Crippen LogP contribution is 2.36. The summed E-state index contributed by atoms with van der Waals surface area (Å²) in [6.45, 7) is 0.309. The van der Waals surface area contributed by atoms with Crippen molar-refractivity contribution in [3.05, 3.63) is 62.7 Å². The molecule has 0 aliphatic carbocycles. The minimum absolute atomic E-state index is 0.0876. The molecule has 1 heterocycles. The number of thiophene rings is 1. The summed E-state index contributed by atoms with van der Waals surface area (Å²) in [5.74, 6) is -0.238. The molecule has 0 bridgehead atoms. The molecule has 0 saturated carbocycles. The van der Waals surface area contributed by atoms with Crippen LogP contribution < -0.4 is 4.74 Å². The lowest BCUT2D eigenvalue weighted by Gasteiger charge is -2.07. The lowest BCUT2D eigenvalue weighted by Crippen LogP contribution is -2.11. The van der Waals surface area contributed by atoms with Gasteiger partial charge in [0.2, 0.25) is 0 Å². The van der Waals surface area contributed by atoms with Gasteiger partial charge in [-0.05, 0) is 36.4 Å². The van der Waals surface area contributed by atoms with Crippen molar-refractivity contribution < 1.29 is 18.7 Å². The molecule has 0 aliphatic heterocycles. The molecule has 3 aromatic rings. The van der Waals surface area contributed by atoms with Crippen LogP contribution in [0.5, 0.6) is 5.75 Å². The van der Waals surface area contributed by atoms with E-state index in [1.54, 1.807) is 6.07 Å². The van der Waals surface area contributed by atoms with Gasteiger partial charge in [-0.3, -0.25) is 0 Å². The molecule has 0 aliphatic rings. The zero-order valence-electron chi connectivity index (χ0n) is 12.2. The normalized spacial score (nSPS) is 10.8. The molecule has 24 heavy (non-hydrogen) atoms. The Morgan fingerprint density at radius 3 is 2.83 bits per heavy atom. The molecular formula is C17H11BrClFO3S. The van der Waals surface area contributed by atoms with Crippen LogP contribution in [0.2, 0.25) is 5.02 Å². The summed E-state index contributed by atoms with van der Waals surface area (Å²) < 4.78 is 25.4. The number of fused-ring (bicyclic) bond motifs is 1. The number of halogens is 3. The molecular weight excluding hydrogens is 419 g/mol. The fraction of sp³-hybridized carbons (Fsp3) is 0.118. The number of hydrogen-bond acceptors (Lipinski definition) is 4. The second kappa shape index (κ2) is 7.51. The van der Waals surface area contributed by atoms with Gasteiger partial charge in [0, 0.05) is 14.6 Å². The highest BCUT2D eigenvalue weighted by molar-refractivity contribution is 9.10. The number of hydrogen-bond donors (Lipinski definition) is 0. The van der Waals surface area contributed by atoms with Crippen molar-refractivity contribution in [2.45, 2.75) is 0 Å². The molecule has 0 fully saturated rings. The Hall–Kier alpha value is -1.63. The molecule has 0 amide bonds. The second-order valence-electron chi connectivity index (χ2n) is 4.83. The fourth-order valence-electron chi connectivity index (χ4n) is 2.09. The topological polar surface area (TPSA) is 35.5 Å². The number of carbonyl (C=O) groups excluding carboxylic acids is 1. The van der Waals surface area contributed by atoms with Crippen LogP contribution in [0.1, 0.15) is 9.67 Å². The molecule has 7 heteroatoms. The van der Waals surface area contributed by atoms with Crippen molar-refractivity contribution in [2.24, 2.45) is 0 Å². The Bertz CT molecular complexity index is 897. The smallest absolute Gasteiger partial charge is 0.350 e. The van der Waals surface area contributed by atoms with Gasteiger partial charge in [0.25, 0.3) is 0 Å². The maximum Gasteiger partial charge on any atom is 0.350 e. The van der Waals surface area contributed by atoms with Crippen molar-refractivity contribution in [2.75, 3.05) is 13.2 Å². The summed E-state index contributed by atoms with van der Waals surface area (Å²) >= 11 is 10.6. The predicted octanol–water partition coefficient (Wildman–Crippen LogP) is 5.69. The first-order chi connectivity index (χ1) is 11.5. The minimum atomic E-state index is -0.542. The summed E-state index contributed by atoms with van der Waals surface area (Å²) in [7, 11) is 0. The molecule has 1 aromatic heterocycles. The van der Waals surface area contributed by atoms with Gasteiger partial charge in [-0.2, -0.15) is 0 Å². The van der Waals surface area contributed by atoms with Gasteiger partial charge in [-0.15, -0.1) is 11.3 Å². The summed E-state index contributed by atoms with van der Waals surface area (Å²) in [6.07, 6.45) is 0. The first-order valence-electron chi connectivity index (χ1n) is 6.97.